The number of nitrogens with one attached hydrogen (secondary N) is 2. The van der Waals surface area contributed by atoms with Crippen molar-refractivity contribution >= 4 is 28.7 Å². The maximum absolute atomic E-state index is 13.2. The van der Waals surface area contributed by atoms with Gasteiger partial charge in [-0.05, 0) is 38.3 Å². The van der Waals surface area contributed by atoms with Crippen LogP contribution in [0.3, 0.4) is 0 Å². The van der Waals surface area contributed by atoms with E-state index in [-0.39, 0.29) is 6.42 Å². The number of fused-ring (bicyclic) bond motifs is 1. The van der Waals surface area contributed by atoms with Crippen LogP contribution < -0.4 is 11.1 Å². The summed E-state index contributed by atoms with van der Waals surface area (Å²) >= 11 is 0. The number of aromatic amines is 1. The maximum Gasteiger partial charge on any atom is 0.326 e. The molecule has 3 rings (SSSR count). The minimum absolute atomic E-state index is 0.244. The number of aliphatic carboxylic acids is 1. The Balaban J connectivity index is 1.89. The molecule has 8 nitrogen and oxygen atoms in total. The largest absolute Gasteiger partial charge is 0.480 e. The van der Waals surface area contributed by atoms with Crippen LogP contribution in [0.4, 0.5) is 0 Å². The summed E-state index contributed by atoms with van der Waals surface area (Å²) in [6.07, 6.45) is 3.09. The smallest absolute Gasteiger partial charge is 0.326 e. The number of rotatable bonds is 6. The molecule has 0 bridgehead atoms. The third-order valence-electron chi connectivity index (χ3n) is 5.11. The minimum Gasteiger partial charge on any atom is -0.480 e. The summed E-state index contributed by atoms with van der Waals surface area (Å²) < 4.78 is 0. The van der Waals surface area contributed by atoms with Crippen LogP contribution in [0.2, 0.25) is 0 Å². The lowest BCUT2D eigenvalue weighted by molar-refractivity contribution is -0.149. The average Bonchev–Trinajstić information content (AvgIpc) is 3.27. The molecule has 0 radical (unpaired) electrons. The second-order valence-electron chi connectivity index (χ2n) is 7.84. The van der Waals surface area contributed by atoms with E-state index in [9.17, 15) is 19.5 Å². The normalized spacial score (nSPS) is 18.2. The highest BCUT2D eigenvalue weighted by atomic mass is 16.4. The second-order valence-corrected chi connectivity index (χ2v) is 7.84. The fourth-order valence-electron chi connectivity index (χ4n) is 3.55. The Bertz CT molecular complexity index is 899. The number of carboxylic acids is 1. The van der Waals surface area contributed by atoms with E-state index in [0.29, 0.717) is 19.4 Å². The van der Waals surface area contributed by atoms with Crippen molar-refractivity contribution in [2.45, 2.75) is 50.7 Å². The predicted octanol–water partition coefficient (Wildman–Crippen LogP) is 1.01. The number of likely N-dealkylation sites (tertiary alicyclic amines) is 1. The first kappa shape index (κ1) is 19.9. The van der Waals surface area contributed by atoms with Crippen LogP contribution in [0.1, 0.15) is 32.3 Å². The number of carboxylic acid groups (broad SMARTS) is 1. The summed E-state index contributed by atoms with van der Waals surface area (Å²) in [4.78, 5) is 41.7. The van der Waals surface area contributed by atoms with Gasteiger partial charge in [0.15, 0.2) is 0 Å². The monoisotopic (exact) mass is 386 g/mol. The number of para-hydroxylation sites is 1. The molecule has 2 amide bonds. The Morgan fingerprint density at radius 2 is 2.07 bits per heavy atom. The van der Waals surface area contributed by atoms with Crippen molar-refractivity contribution < 1.29 is 19.5 Å². The molecule has 1 aromatic heterocycles. The van der Waals surface area contributed by atoms with Gasteiger partial charge < -0.3 is 26.0 Å². The third kappa shape index (κ3) is 4.01. The lowest BCUT2D eigenvalue weighted by Gasteiger charge is -2.29. The first-order chi connectivity index (χ1) is 13.2. The molecule has 5 N–H and O–H groups in total. The number of carbonyl (C=O) groups excluding carboxylic acids is 2. The molecular formula is C20H26N4O4. The van der Waals surface area contributed by atoms with Crippen LogP contribution >= 0.6 is 0 Å². The number of hydrogen-bond acceptors (Lipinski definition) is 4. The standard InChI is InChI=1S/C20H26N4O4/c1-20(2,21)19(28)23-15(17(25)24-9-5-8-16(24)18(26)27)10-12-11-22-14-7-4-3-6-13(12)14/h3-4,6-7,11,15-16,22H,5,8-10,21H2,1-2H3,(H,23,28)(H,26,27)/t15-,16-/m1/s1. The number of amides is 2. The van der Waals surface area contributed by atoms with Gasteiger partial charge in [0.25, 0.3) is 0 Å². The van der Waals surface area contributed by atoms with Gasteiger partial charge in [0.1, 0.15) is 12.1 Å². The molecule has 2 heterocycles. The van der Waals surface area contributed by atoms with Gasteiger partial charge in [-0.25, -0.2) is 4.79 Å². The summed E-state index contributed by atoms with van der Waals surface area (Å²) in [5.41, 5.74) is 6.53. The first-order valence-corrected chi connectivity index (χ1v) is 9.36. The highest BCUT2D eigenvalue weighted by Crippen LogP contribution is 2.23. The van der Waals surface area contributed by atoms with Crippen molar-refractivity contribution in [1.29, 1.82) is 0 Å². The van der Waals surface area contributed by atoms with E-state index in [1.165, 1.54) is 4.90 Å². The number of hydrogen-bond donors (Lipinski definition) is 4. The number of carbonyl (C=O) groups is 3. The van der Waals surface area contributed by atoms with Gasteiger partial charge >= 0.3 is 5.97 Å². The maximum atomic E-state index is 13.2. The van der Waals surface area contributed by atoms with E-state index in [4.69, 9.17) is 5.73 Å². The molecule has 1 aliphatic heterocycles. The van der Waals surface area contributed by atoms with Crippen molar-refractivity contribution in [3.63, 3.8) is 0 Å². The van der Waals surface area contributed by atoms with Gasteiger partial charge in [-0.15, -0.1) is 0 Å². The number of nitrogens with two attached hydrogens (primary N) is 1. The Hall–Kier alpha value is -2.87. The van der Waals surface area contributed by atoms with E-state index in [1.54, 1.807) is 13.8 Å². The van der Waals surface area contributed by atoms with Crippen LogP contribution in [0.15, 0.2) is 30.5 Å². The highest BCUT2D eigenvalue weighted by molar-refractivity contribution is 5.94. The van der Waals surface area contributed by atoms with Gasteiger partial charge in [-0.3, -0.25) is 9.59 Å². The molecule has 1 aromatic carbocycles. The summed E-state index contributed by atoms with van der Waals surface area (Å²) in [6.45, 7) is 3.49. The molecule has 0 aliphatic carbocycles. The molecule has 0 unspecified atom stereocenters. The van der Waals surface area contributed by atoms with Gasteiger partial charge in [0, 0.05) is 30.1 Å². The van der Waals surface area contributed by atoms with Crippen molar-refractivity contribution in [1.82, 2.24) is 15.2 Å². The average molecular weight is 386 g/mol. The van der Waals surface area contributed by atoms with Gasteiger partial charge in [-0.2, -0.15) is 0 Å². The van der Waals surface area contributed by atoms with E-state index >= 15 is 0 Å². The molecular weight excluding hydrogens is 360 g/mol. The fraction of sp³-hybridized carbons (Fsp3) is 0.450. The van der Waals surface area contributed by atoms with E-state index in [2.05, 4.69) is 10.3 Å². The second kappa shape index (κ2) is 7.63. The summed E-state index contributed by atoms with van der Waals surface area (Å²) in [6, 6.07) is 5.92. The Morgan fingerprint density at radius 3 is 2.75 bits per heavy atom. The zero-order chi connectivity index (χ0) is 20.5. The number of benzene rings is 1. The molecule has 2 aromatic rings. The lowest BCUT2D eigenvalue weighted by atomic mass is 10.0. The molecule has 2 atom stereocenters. The van der Waals surface area contributed by atoms with Crippen LogP contribution in [-0.2, 0) is 20.8 Å². The Kier molecular flexibility index (Phi) is 5.42. The highest BCUT2D eigenvalue weighted by Gasteiger charge is 2.38. The van der Waals surface area contributed by atoms with E-state index < -0.39 is 35.4 Å². The van der Waals surface area contributed by atoms with Crippen molar-refractivity contribution in [3.8, 4) is 0 Å². The van der Waals surface area contributed by atoms with Crippen molar-refractivity contribution in [3.05, 3.63) is 36.0 Å². The van der Waals surface area contributed by atoms with Crippen LogP contribution in [0.25, 0.3) is 10.9 Å². The number of nitrogens with zero attached hydrogens (tertiary/aromatic N) is 1. The summed E-state index contributed by atoms with van der Waals surface area (Å²) in [5, 5.41) is 13.1. The number of aromatic nitrogens is 1. The molecule has 0 saturated carbocycles. The van der Waals surface area contributed by atoms with Gasteiger partial charge in [0.2, 0.25) is 11.8 Å². The Morgan fingerprint density at radius 1 is 1.36 bits per heavy atom. The molecule has 0 spiro atoms. The number of H-pyrrole nitrogens is 1. The zero-order valence-corrected chi connectivity index (χ0v) is 16.1. The van der Waals surface area contributed by atoms with Crippen molar-refractivity contribution in [2.24, 2.45) is 5.73 Å². The molecule has 28 heavy (non-hydrogen) atoms. The Labute approximate surface area is 163 Å². The van der Waals surface area contributed by atoms with Crippen molar-refractivity contribution in [2.75, 3.05) is 6.54 Å². The molecule has 150 valence electrons. The van der Waals surface area contributed by atoms with Crippen LogP contribution in [0, 0.1) is 0 Å². The fourth-order valence-corrected chi connectivity index (χ4v) is 3.55. The quantitative estimate of drug-likeness (QED) is 0.589. The molecule has 1 fully saturated rings. The zero-order valence-electron chi connectivity index (χ0n) is 16.1. The SMILES string of the molecule is CC(C)(N)C(=O)N[C@H](Cc1c[nH]c2ccccc12)C(=O)N1CCC[C@@H]1C(=O)O. The molecule has 1 aliphatic rings. The first-order valence-electron chi connectivity index (χ1n) is 9.36. The third-order valence-corrected chi connectivity index (χ3v) is 5.11. The van der Waals surface area contributed by atoms with Crippen LogP contribution in [-0.4, -0.2) is 56.9 Å². The molecule has 1 saturated heterocycles. The molecule has 8 heteroatoms. The van der Waals surface area contributed by atoms with Crippen LogP contribution in [0.5, 0.6) is 0 Å². The van der Waals surface area contributed by atoms with E-state index in [1.807, 2.05) is 30.5 Å². The minimum atomic E-state index is -1.16. The van der Waals surface area contributed by atoms with Gasteiger partial charge in [-0.1, -0.05) is 18.2 Å². The van der Waals surface area contributed by atoms with Gasteiger partial charge in [0.05, 0.1) is 5.54 Å². The lowest BCUT2D eigenvalue weighted by Crippen LogP contribution is -2.58. The topological polar surface area (TPSA) is 129 Å². The van der Waals surface area contributed by atoms with E-state index in [0.717, 1.165) is 16.5 Å². The summed E-state index contributed by atoms with van der Waals surface area (Å²) in [7, 11) is 0. The summed E-state index contributed by atoms with van der Waals surface area (Å²) in [5.74, 6) is -1.88. The predicted molar refractivity (Wildman–Crippen MR) is 105 cm³/mol.